The Bertz CT molecular complexity index is 130. The first-order chi connectivity index (χ1) is 4.20. The molecule has 0 aromatic rings. The van der Waals surface area contributed by atoms with Gasteiger partial charge < -0.3 is 10.6 Å². The number of hydrogen-bond acceptors (Lipinski definition) is 4. The molecule has 0 spiro atoms. The third-order valence-electron chi connectivity index (χ3n) is 0.963. The molecule has 0 bridgehead atoms. The highest BCUT2D eigenvalue weighted by Crippen LogP contribution is 2.01. The molecule has 0 unspecified atom stereocenters. The van der Waals surface area contributed by atoms with E-state index in [9.17, 15) is 0 Å². The third kappa shape index (κ3) is 1.74. The normalized spacial score (nSPS) is 18.0. The van der Waals surface area contributed by atoms with E-state index in [1.54, 1.807) is 4.90 Å². The van der Waals surface area contributed by atoms with Gasteiger partial charge in [0.2, 0.25) is 5.96 Å². The topological polar surface area (TPSA) is 85.1 Å². The highest BCUT2D eigenvalue weighted by Gasteiger charge is 2.19. The molecular weight excluding hydrogens is 124 g/mol. The van der Waals surface area contributed by atoms with Gasteiger partial charge in [-0.2, -0.15) is 0 Å². The van der Waals surface area contributed by atoms with Crippen molar-refractivity contribution in [2.75, 3.05) is 13.1 Å². The van der Waals surface area contributed by atoms with Crippen LogP contribution in [-0.4, -0.2) is 39.7 Å². The SMILES string of the molecule is NC(=NN(O)O)N1CC1. The van der Waals surface area contributed by atoms with Gasteiger partial charge >= 0.3 is 0 Å². The Labute approximate surface area is 51.7 Å². The Morgan fingerprint density at radius 2 is 2.11 bits per heavy atom. The van der Waals surface area contributed by atoms with Gasteiger partial charge in [0.05, 0.1) is 0 Å². The van der Waals surface area contributed by atoms with Crippen LogP contribution in [0.25, 0.3) is 0 Å². The first-order valence-corrected chi connectivity index (χ1v) is 2.47. The lowest BCUT2D eigenvalue weighted by molar-refractivity contribution is -0.308. The van der Waals surface area contributed by atoms with Crippen LogP contribution in [0.15, 0.2) is 5.10 Å². The van der Waals surface area contributed by atoms with Gasteiger partial charge in [-0.05, 0) is 5.34 Å². The number of hydrogen-bond donors (Lipinski definition) is 3. The lowest BCUT2D eigenvalue weighted by atomic mass is 11.0. The van der Waals surface area contributed by atoms with Crippen molar-refractivity contribution in [3.8, 4) is 0 Å². The Morgan fingerprint density at radius 1 is 1.56 bits per heavy atom. The van der Waals surface area contributed by atoms with E-state index in [1.807, 2.05) is 0 Å². The van der Waals surface area contributed by atoms with E-state index in [0.717, 1.165) is 13.1 Å². The van der Waals surface area contributed by atoms with E-state index in [-0.39, 0.29) is 11.3 Å². The molecule has 1 fully saturated rings. The van der Waals surface area contributed by atoms with Crippen LogP contribution in [0.1, 0.15) is 0 Å². The molecule has 52 valence electrons. The zero-order valence-electron chi connectivity index (χ0n) is 4.73. The van der Waals surface area contributed by atoms with Gasteiger partial charge in [-0.15, -0.1) is 0 Å². The Hall–Kier alpha value is -1.01. The minimum atomic E-state index is -0.298. The molecule has 4 N–H and O–H groups in total. The number of nitrogens with zero attached hydrogens (tertiary/aromatic N) is 3. The summed E-state index contributed by atoms with van der Waals surface area (Å²) in [6, 6.07) is 0. The van der Waals surface area contributed by atoms with Gasteiger partial charge in [0.15, 0.2) is 0 Å². The van der Waals surface area contributed by atoms with Crippen molar-refractivity contribution in [2.45, 2.75) is 0 Å². The maximum absolute atomic E-state index is 8.09. The predicted octanol–water partition coefficient (Wildman–Crippen LogP) is -1.39. The molecular formula is C3H8N4O2. The van der Waals surface area contributed by atoms with Crippen LogP contribution in [0.5, 0.6) is 0 Å². The molecule has 0 saturated carbocycles. The molecule has 9 heavy (non-hydrogen) atoms. The molecule has 1 heterocycles. The van der Waals surface area contributed by atoms with Crippen LogP contribution < -0.4 is 5.73 Å². The highest BCUT2D eigenvalue weighted by molar-refractivity contribution is 5.79. The van der Waals surface area contributed by atoms with E-state index in [4.69, 9.17) is 16.1 Å². The molecule has 6 nitrogen and oxygen atoms in total. The summed E-state index contributed by atoms with van der Waals surface area (Å²) in [6.45, 7) is 1.67. The van der Waals surface area contributed by atoms with Gasteiger partial charge in [-0.1, -0.05) is 5.10 Å². The second-order valence-corrected chi connectivity index (χ2v) is 1.71. The fourth-order valence-electron chi connectivity index (χ4n) is 0.434. The van der Waals surface area contributed by atoms with Crippen molar-refractivity contribution >= 4 is 5.96 Å². The predicted molar refractivity (Wildman–Crippen MR) is 28.6 cm³/mol. The number of hydrazone groups is 1. The molecule has 6 heteroatoms. The van der Waals surface area contributed by atoms with Gasteiger partial charge in [0.1, 0.15) is 0 Å². The molecule has 1 rings (SSSR count). The van der Waals surface area contributed by atoms with Crippen molar-refractivity contribution in [3.63, 3.8) is 0 Å². The van der Waals surface area contributed by atoms with Crippen LogP contribution in [0.3, 0.4) is 0 Å². The van der Waals surface area contributed by atoms with E-state index in [1.165, 1.54) is 0 Å². The van der Waals surface area contributed by atoms with Crippen LogP contribution in [0, 0.1) is 0 Å². The van der Waals surface area contributed by atoms with E-state index < -0.39 is 0 Å². The van der Waals surface area contributed by atoms with Crippen molar-refractivity contribution in [2.24, 2.45) is 10.8 Å². The highest BCUT2D eigenvalue weighted by atomic mass is 16.8. The average molecular weight is 132 g/mol. The minimum absolute atomic E-state index is 0.125. The first kappa shape index (κ1) is 6.12. The van der Waals surface area contributed by atoms with Crippen LogP contribution in [0.4, 0.5) is 0 Å². The standard InChI is InChI=1S/C3H8N4O2/c4-3(5-7(8)9)6-1-2-6/h8-9H,1-2H2,(H2,4,5). The molecule has 0 amide bonds. The summed E-state index contributed by atoms with van der Waals surface area (Å²) in [4.78, 5) is 1.68. The van der Waals surface area contributed by atoms with Gasteiger partial charge in [-0.3, -0.25) is 0 Å². The lowest BCUT2D eigenvalue weighted by Crippen LogP contribution is -2.25. The first-order valence-electron chi connectivity index (χ1n) is 2.47. The van der Waals surface area contributed by atoms with Gasteiger partial charge in [0.25, 0.3) is 0 Å². The van der Waals surface area contributed by atoms with E-state index >= 15 is 0 Å². The van der Waals surface area contributed by atoms with Gasteiger partial charge in [-0.25, -0.2) is 10.4 Å². The minimum Gasteiger partial charge on any atom is -0.368 e. The number of rotatable bonds is 1. The summed E-state index contributed by atoms with van der Waals surface area (Å²) < 4.78 is 0. The van der Waals surface area contributed by atoms with Gasteiger partial charge in [0, 0.05) is 13.1 Å². The molecule has 1 aliphatic heterocycles. The monoisotopic (exact) mass is 132 g/mol. The van der Waals surface area contributed by atoms with Crippen molar-refractivity contribution < 1.29 is 10.4 Å². The molecule has 0 aromatic heterocycles. The fraction of sp³-hybridized carbons (Fsp3) is 0.667. The van der Waals surface area contributed by atoms with E-state index in [0.29, 0.717) is 0 Å². The van der Waals surface area contributed by atoms with Crippen molar-refractivity contribution in [1.29, 1.82) is 0 Å². The van der Waals surface area contributed by atoms with Crippen LogP contribution in [-0.2, 0) is 0 Å². The smallest absolute Gasteiger partial charge is 0.219 e. The quantitative estimate of drug-likeness (QED) is 0.177. The largest absolute Gasteiger partial charge is 0.368 e. The summed E-state index contributed by atoms with van der Waals surface area (Å²) in [7, 11) is 0. The van der Waals surface area contributed by atoms with E-state index in [2.05, 4.69) is 5.10 Å². The number of guanidine groups is 1. The number of nitrogens with two attached hydrogens (primary N) is 1. The lowest BCUT2D eigenvalue weighted by Gasteiger charge is -2.02. The maximum Gasteiger partial charge on any atom is 0.219 e. The second-order valence-electron chi connectivity index (χ2n) is 1.71. The Morgan fingerprint density at radius 3 is 2.44 bits per heavy atom. The second kappa shape index (κ2) is 2.08. The summed E-state index contributed by atoms with van der Waals surface area (Å²) in [6.07, 6.45) is 0. The molecule has 0 atom stereocenters. The molecule has 1 saturated heterocycles. The van der Waals surface area contributed by atoms with Crippen molar-refractivity contribution in [1.82, 2.24) is 10.2 Å². The summed E-state index contributed by atoms with van der Waals surface area (Å²) in [5.41, 5.74) is 5.19. The van der Waals surface area contributed by atoms with Crippen LogP contribution >= 0.6 is 0 Å². The summed E-state index contributed by atoms with van der Waals surface area (Å²) >= 11 is 0. The Balaban J connectivity index is 2.37. The zero-order valence-corrected chi connectivity index (χ0v) is 4.73. The Kier molecular flexibility index (Phi) is 1.41. The van der Waals surface area contributed by atoms with Crippen molar-refractivity contribution in [3.05, 3.63) is 0 Å². The fourth-order valence-corrected chi connectivity index (χ4v) is 0.434. The molecule has 0 aliphatic carbocycles. The molecule has 0 radical (unpaired) electrons. The third-order valence-corrected chi connectivity index (χ3v) is 0.963. The molecule has 0 aromatic carbocycles. The maximum atomic E-state index is 8.09. The summed E-state index contributed by atoms with van der Waals surface area (Å²) in [5, 5.41) is 19.0. The molecule has 1 aliphatic rings. The zero-order chi connectivity index (χ0) is 6.85. The van der Waals surface area contributed by atoms with Crippen LogP contribution in [0.2, 0.25) is 0 Å². The average Bonchev–Trinajstić information content (AvgIpc) is 2.40. The summed E-state index contributed by atoms with van der Waals surface area (Å²) in [5.74, 6) is 0.125.